The number of nitrogens with one attached hydrogen (secondary N) is 2. The summed E-state index contributed by atoms with van der Waals surface area (Å²) in [5.74, 6) is -0.0345. The number of rotatable bonds is 5. The standard InChI is InChI=1S/C21H22N4O2/c1-14-11-18(8-9-19(14)25-10-4-7-20(25)26)23-15(2)21(27)24-17-6-3-5-16(12-17)13-22/h3,5-6,8-9,11-12,15,23H,4,7,10H2,1-2H3,(H,24,27)/t15-/m1/s1. The third-order valence-corrected chi connectivity index (χ3v) is 4.60. The number of aryl methyl sites for hydroxylation is 1. The Morgan fingerprint density at radius 1 is 1.22 bits per heavy atom. The predicted octanol–water partition coefficient (Wildman–Crippen LogP) is 3.43. The fourth-order valence-corrected chi connectivity index (χ4v) is 3.18. The van der Waals surface area contributed by atoms with Crippen LogP contribution in [0.15, 0.2) is 42.5 Å². The lowest BCUT2D eigenvalue weighted by Crippen LogP contribution is -2.32. The van der Waals surface area contributed by atoms with Crippen LogP contribution in [0.5, 0.6) is 0 Å². The largest absolute Gasteiger partial charge is 0.374 e. The Kier molecular flexibility index (Phi) is 5.41. The first-order chi connectivity index (χ1) is 13.0. The molecule has 0 aromatic heterocycles. The molecule has 3 rings (SSSR count). The minimum absolute atomic E-state index is 0.158. The van der Waals surface area contributed by atoms with Gasteiger partial charge >= 0.3 is 0 Å². The lowest BCUT2D eigenvalue weighted by atomic mass is 10.1. The minimum atomic E-state index is -0.464. The molecule has 2 aromatic carbocycles. The van der Waals surface area contributed by atoms with Crippen LogP contribution in [-0.4, -0.2) is 24.4 Å². The Morgan fingerprint density at radius 2 is 2.04 bits per heavy atom. The van der Waals surface area contributed by atoms with Crippen LogP contribution < -0.4 is 15.5 Å². The zero-order valence-electron chi connectivity index (χ0n) is 15.5. The fourth-order valence-electron chi connectivity index (χ4n) is 3.18. The van der Waals surface area contributed by atoms with E-state index < -0.39 is 6.04 Å². The third-order valence-electron chi connectivity index (χ3n) is 4.60. The number of nitriles is 1. The molecule has 2 amide bonds. The zero-order valence-corrected chi connectivity index (χ0v) is 15.5. The van der Waals surface area contributed by atoms with Crippen LogP contribution in [0, 0.1) is 18.3 Å². The number of benzene rings is 2. The lowest BCUT2D eigenvalue weighted by Gasteiger charge is -2.20. The van der Waals surface area contributed by atoms with Crippen molar-refractivity contribution in [2.45, 2.75) is 32.7 Å². The number of hydrogen-bond acceptors (Lipinski definition) is 4. The molecule has 0 bridgehead atoms. The third kappa shape index (κ3) is 4.26. The van der Waals surface area contributed by atoms with Crippen LogP contribution in [0.3, 0.4) is 0 Å². The van der Waals surface area contributed by atoms with E-state index in [-0.39, 0.29) is 11.8 Å². The van der Waals surface area contributed by atoms with Crippen LogP contribution in [0.2, 0.25) is 0 Å². The van der Waals surface area contributed by atoms with Gasteiger partial charge in [0.1, 0.15) is 6.04 Å². The van der Waals surface area contributed by atoms with Crippen molar-refractivity contribution in [1.29, 1.82) is 5.26 Å². The molecule has 6 nitrogen and oxygen atoms in total. The van der Waals surface area contributed by atoms with Crippen molar-refractivity contribution in [2.75, 3.05) is 22.1 Å². The Morgan fingerprint density at radius 3 is 2.70 bits per heavy atom. The molecule has 1 fully saturated rings. The SMILES string of the molecule is Cc1cc(N[C@H](C)C(=O)Nc2cccc(C#N)c2)ccc1N1CCCC1=O. The highest BCUT2D eigenvalue weighted by Crippen LogP contribution is 2.27. The van der Waals surface area contributed by atoms with E-state index in [0.717, 1.165) is 29.9 Å². The van der Waals surface area contributed by atoms with Gasteiger partial charge in [0, 0.05) is 30.0 Å². The van der Waals surface area contributed by atoms with E-state index in [0.29, 0.717) is 17.7 Å². The van der Waals surface area contributed by atoms with Gasteiger partial charge in [0.2, 0.25) is 11.8 Å². The summed E-state index contributed by atoms with van der Waals surface area (Å²) in [6.07, 6.45) is 1.49. The second-order valence-corrected chi connectivity index (χ2v) is 6.70. The topological polar surface area (TPSA) is 85.2 Å². The molecular formula is C21H22N4O2. The first-order valence-electron chi connectivity index (χ1n) is 8.96. The molecule has 0 aliphatic carbocycles. The Hall–Kier alpha value is -3.33. The van der Waals surface area contributed by atoms with Crippen molar-refractivity contribution in [3.8, 4) is 6.07 Å². The van der Waals surface area contributed by atoms with Gasteiger partial charge in [-0.25, -0.2) is 0 Å². The van der Waals surface area contributed by atoms with Gasteiger partial charge in [-0.15, -0.1) is 0 Å². The van der Waals surface area contributed by atoms with Gasteiger partial charge in [-0.05, 0) is 62.2 Å². The summed E-state index contributed by atoms with van der Waals surface area (Å²) in [4.78, 5) is 26.2. The van der Waals surface area contributed by atoms with Crippen molar-refractivity contribution >= 4 is 28.9 Å². The van der Waals surface area contributed by atoms with E-state index in [1.807, 2.05) is 30.0 Å². The van der Waals surface area contributed by atoms with Crippen LogP contribution >= 0.6 is 0 Å². The summed E-state index contributed by atoms with van der Waals surface area (Å²) in [7, 11) is 0. The molecule has 1 saturated heterocycles. The molecule has 6 heteroatoms. The molecule has 0 spiro atoms. The summed E-state index contributed by atoms with van der Waals surface area (Å²) in [5, 5.41) is 14.9. The quantitative estimate of drug-likeness (QED) is 0.853. The first-order valence-corrected chi connectivity index (χ1v) is 8.96. The average molecular weight is 362 g/mol. The van der Waals surface area contributed by atoms with Crippen molar-refractivity contribution in [1.82, 2.24) is 0 Å². The second kappa shape index (κ2) is 7.92. The van der Waals surface area contributed by atoms with Gasteiger partial charge < -0.3 is 15.5 Å². The highest BCUT2D eigenvalue weighted by Gasteiger charge is 2.23. The summed E-state index contributed by atoms with van der Waals surface area (Å²) in [6.45, 7) is 4.49. The van der Waals surface area contributed by atoms with E-state index in [9.17, 15) is 9.59 Å². The summed E-state index contributed by atoms with van der Waals surface area (Å²) >= 11 is 0. The van der Waals surface area contributed by atoms with Crippen molar-refractivity contribution < 1.29 is 9.59 Å². The lowest BCUT2D eigenvalue weighted by molar-refractivity contribution is -0.117. The van der Waals surface area contributed by atoms with Gasteiger partial charge in [-0.2, -0.15) is 5.26 Å². The molecule has 0 saturated carbocycles. The van der Waals surface area contributed by atoms with E-state index >= 15 is 0 Å². The molecule has 1 aliphatic rings. The smallest absolute Gasteiger partial charge is 0.246 e. The average Bonchev–Trinajstić information content (AvgIpc) is 3.07. The molecular weight excluding hydrogens is 340 g/mol. The maximum Gasteiger partial charge on any atom is 0.246 e. The van der Waals surface area contributed by atoms with E-state index in [1.54, 1.807) is 31.2 Å². The van der Waals surface area contributed by atoms with E-state index in [4.69, 9.17) is 5.26 Å². The van der Waals surface area contributed by atoms with Gasteiger partial charge in [0.25, 0.3) is 0 Å². The molecule has 0 radical (unpaired) electrons. The highest BCUT2D eigenvalue weighted by atomic mass is 16.2. The van der Waals surface area contributed by atoms with Crippen molar-refractivity contribution in [3.05, 3.63) is 53.6 Å². The van der Waals surface area contributed by atoms with Gasteiger partial charge in [-0.1, -0.05) is 6.07 Å². The van der Waals surface area contributed by atoms with Crippen LogP contribution in [0.25, 0.3) is 0 Å². The fraction of sp³-hybridized carbons (Fsp3) is 0.286. The van der Waals surface area contributed by atoms with Gasteiger partial charge in [0.15, 0.2) is 0 Å². The number of anilines is 3. The molecule has 0 unspecified atom stereocenters. The summed E-state index contributed by atoms with van der Waals surface area (Å²) in [6, 6.07) is 14.1. The Labute approximate surface area is 158 Å². The number of nitrogens with zero attached hydrogens (tertiary/aromatic N) is 2. The first kappa shape index (κ1) is 18.5. The maximum absolute atomic E-state index is 12.4. The zero-order chi connectivity index (χ0) is 19.4. The van der Waals surface area contributed by atoms with Crippen LogP contribution in [-0.2, 0) is 9.59 Å². The number of carbonyl (C=O) groups is 2. The molecule has 27 heavy (non-hydrogen) atoms. The van der Waals surface area contributed by atoms with Gasteiger partial charge in [-0.3, -0.25) is 9.59 Å². The van der Waals surface area contributed by atoms with E-state index in [1.165, 1.54) is 0 Å². The number of carbonyl (C=O) groups excluding carboxylic acids is 2. The Balaban J connectivity index is 1.65. The molecule has 1 aliphatic heterocycles. The Bertz CT molecular complexity index is 917. The second-order valence-electron chi connectivity index (χ2n) is 6.70. The molecule has 2 N–H and O–H groups in total. The monoisotopic (exact) mass is 362 g/mol. The highest BCUT2D eigenvalue weighted by molar-refractivity contribution is 5.97. The van der Waals surface area contributed by atoms with Crippen LogP contribution in [0.4, 0.5) is 17.1 Å². The number of hydrogen-bond donors (Lipinski definition) is 2. The van der Waals surface area contributed by atoms with E-state index in [2.05, 4.69) is 16.7 Å². The molecule has 2 aromatic rings. The minimum Gasteiger partial charge on any atom is -0.374 e. The van der Waals surface area contributed by atoms with Gasteiger partial charge in [0.05, 0.1) is 11.6 Å². The van der Waals surface area contributed by atoms with Crippen molar-refractivity contribution in [3.63, 3.8) is 0 Å². The summed E-state index contributed by atoms with van der Waals surface area (Å²) < 4.78 is 0. The maximum atomic E-state index is 12.4. The predicted molar refractivity (Wildman–Crippen MR) is 106 cm³/mol. The molecule has 1 heterocycles. The summed E-state index contributed by atoms with van der Waals surface area (Å²) in [5.41, 5.74) is 3.82. The molecule has 1 atom stereocenters. The number of amides is 2. The normalized spacial score (nSPS) is 14.6. The van der Waals surface area contributed by atoms with Crippen molar-refractivity contribution in [2.24, 2.45) is 0 Å². The van der Waals surface area contributed by atoms with Crippen LogP contribution in [0.1, 0.15) is 30.9 Å². The molecule has 138 valence electrons.